The van der Waals surface area contributed by atoms with E-state index in [0.717, 1.165) is 36.6 Å². The Morgan fingerprint density at radius 2 is 1.74 bits per heavy atom. The molecule has 6 heteroatoms. The lowest BCUT2D eigenvalue weighted by Crippen LogP contribution is -2.45. The summed E-state index contributed by atoms with van der Waals surface area (Å²) in [5.41, 5.74) is 2.34. The molecule has 0 aromatic heterocycles. The van der Waals surface area contributed by atoms with Gasteiger partial charge in [0.05, 0.1) is 20.3 Å². The van der Waals surface area contributed by atoms with Crippen LogP contribution in [-0.2, 0) is 17.9 Å². The first-order valence-electron chi connectivity index (χ1n) is 11.9. The summed E-state index contributed by atoms with van der Waals surface area (Å²) in [6.45, 7) is 6.24. The molecule has 4 rings (SSSR count). The van der Waals surface area contributed by atoms with Gasteiger partial charge in [-0.15, -0.1) is 0 Å². The standard InChI is InChI=1S/C28H35N3O3/c1-19(2)30-28(32)27-14-23(29-16-20-12-24(33-3)15-25(13-20)34-4)18-31(27)17-22-10-7-9-21-8-5-6-11-26(21)22/h5-13,15,19,23,27,29H,14,16-18H2,1-4H3,(H,30,32)/t23-,27-/m0/s1. The maximum atomic E-state index is 13.1. The van der Waals surface area contributed by atoms with Gasteiger partial charge < -0.3 is 20.1 Å². The van der Waals surface area contributed by atoms with Crippen molar-refractivity contribution in [3.8, 4) is 11.5 Å². The first kappa shape index (κ1) is 24.0. The molecular formula is C28H35N3O3. The number of likely N-dealkylation sites (tertiary alicyclic amines) is 1. The van der Waals surface area contributed by atoms with Gasteiger partial charge in [0.2, 0.25) is 5.91 Å². The second-order valence-electron chi connectivity index (χ2n) is 9.28. The van der Waals surface area contributed by atoms with Crippen LogP contribution in [0.3, 0.4) is 0 Å². The Morgan fingerprint density at radius 3 is 2.44 bits per heavy atom. The van der Waals surface area contributed by atoms with Gasteiger partial charge in [-0.3, -0.25) is 9.69 Å². The largest absolute Gasteiger partial charge is 0.497 e. The van der Waals surface area contributed by atoms with E-state index in [0.29, 0.717) is 6.54 Å². The highest BCUT2D eigenvalue weighted by Crippen LogP contribution is 2.27. The summed E-state index contributed by atoms with van der Waals surface area (Å²) in [5.74, 6) is 1.64. The zero-order valence-electron chi connectivity index (χ0n) is 20.5. The molecule has 180 valence electrons. The Bertz CT molecular complexity index is 1100. The Balaban J connectivity index is 1.50. The number of methoxy groups -OCH3 is 2. The monoisotopic (exact) mass is 461 g/mol. The molecule has 0 radical (unpaired) electrons. The van der Waals surface area contributed by atoms with Gasteiger partial charge in [0.1, 0.15) is 11.5 Å². The number of hydrogen-bond donors (Lipinski definition) is 2. The summed E-state index contributed by atoms with van der Waals surface area (Å²) < 4.78 is 10.8. The molecule has 0 spiro atoms. The normalized spacial score (nSPS) is 18.4. The molecule has 1 saturated heterocycles. The smallest absolute Gasteiger partial charge is 0.237 e. The molecular weight excluding hydrogens is 426 g/mol. The predicted octanol–water partition coefficient (Wildman–Crippen LogP) is 4.11. The number of nitrogens with zero attached hydrogens (tertiary/aromatic N) is 1. The molecule has 0 saturated carbocycles. The van der Waals surface area contributed by atoms with Crippen LogP contribution in [0.15, 0.2) is 60.7 Å². The fourth-order valence-electron chi connectivity index (χ4n) is 4.76. The van der Waals surface area contributed by atoms with Crippen molar-refractivity contribution in [2.75, 3.05) is 20.8 Å². The van der Waals surface area contributed by atoms with Crippen molar-refractivity contribution in [2.45, 2.75) is 51.5 Å². The van der Waals surface area contributed by atoms with Crippen molar-refractivity contribution in [3.05, 3.63) is 71.8 Å². The molecule has 1 heterocycles. The average Bonchev–Trinajstić information content (AvgIpc) is 3.25. The SMILES string of the molecule is COc1cc(CN[C@H]2C[C@@H](C(=O)NC(C)C)N(Cc3cccc4ccccc34)C2)cc(OC)c1. The van der Waals surface area contributed by atoms with E-state index in [2.05, 4.69) is 58.0 Å². The molecule has 0 bridgehead atoms. The van der Waals surface area contributed by atoms with E-state index in [1.165, 1.54) is 16.3 Å². The van der Waals surface area contributed by atoms with E-state index in [4.69, 9.17) is 9.47 Å². The third-order valence-electron chi connectivity index (χ3n) is 6.40. The molecule has 2 atom stereocenters. The second kappa shape index (κ2) is 10.9. The summed E-state index contributed by atoms with van der Waals surface area (Å²) in [6.07, 6.45) is 0.768. The zero-order chi connectivity index (χ0) is 24.1. The van der Waals surface area contributed by atoms with Crippen LogP contribution in [0.25, 0.3) is 10.8 Å². The molecule has 2 N–H and O–H groups in total. The Labute approximate surface area is 202 Å². The maximum absolute atomic E-state index is 13.1. The van der Waals surface area contributed by atoms with Gasteiger partial charge in [0.25, 0.3) is 0 Å². The van der Waals surface area contributed by atoms with Crippen molar-refractivity contribution in [3.63, 3.8) is 0 Å². The topological polar surface area (TPSA) is 62.8 Å². The molecule has 1 aliphatic rings. The average molecular weight is 462 g/mol. The van der Waals surface area contributed by atoms with E-state index in [-0.39, 0.29) is 24.0 Å². The molecule has 1 amide bonds. The zero-order valence-corrected chi connectivity index (χ0v) is 20.5. The number of ether oxygens (including phenoxy) is 2. The van der Waals surface area contributed by atoms with Crippen LogP contribution in [0.1, 0.15) is 31.4 Å². The van der Waals surface area contributed by atoms with Crippen LogP contribution < -0.4 is 20.1 Å². The Hall–Kier alpha value is -3.09. The van der Waals surface area contributed by atoms with Crippen LogP contribution in [0, 0.1) is 0 Å². The molecule has 3 aromatic carbocycles. The van der Waals surface area contributed by atoms with E-state index in [1.54, 1.807) is 14.2 Å². The van der Waals surface area contributed by atoms with Gasteiger partial charge in [0, 0.05) is 37.8 Å². The van der Waals surface area contributed by atoms with Gasteiger partial charge in [-0.25, -0.2) is 0 Å². The number of hydrogen-bond acceptors (Lipinski definition) is 5. The van der Waals surface area contributed by atoms with Crippen LogP contribution >= 0.6 is 0 Å². The lowest BCUT2D eigenvalue weighted by atomic mass is 10.0. The molecule has 0 unspecified atom stereocenters. The van der Waals surface area contributed by atoms with Crippen molar-refractivity contribution in [1.29, 1.82) is 0 Å². The number of amides is 1. The number of benzene rings is 3. The number of carbonyl (C=O) groups excluding carboxylic acids is 1. The predicted molar refractivity (Wildman–Crippen MR) is 136 cm³/mol. The van der Waals surface area contributed by atoms with Crippen LogP contribution in [0.5, 0.6) is 11.5 Å². The number of fused-ring (bicyclic) bond motifs is 1. The molecule has 1 fully saturated rings. The molecule has 34 heavy (non-hydrogen) atoms. The van der Waals surface area contributed by atoms with Crippen molar-refractivity contribution in [1.82, 2.24) is 15.5 Å². The first-order valence-corrected chi connectivity index (χ1v) is 11.9. The lowest BCUT2D eigenvalue weighted by molar-refractivity contribution is -0.126. The second-order valence-corrected chi connectivity index (χ2v) is 9.28. The van der Waals surface area contributed by atoms with Gasteiger partial charge in [-0.2, -0.15) is 0 Å². The van der Waals surface area contributed by atoms with Crippen LogP contribution in [0.4, 0.5) is 0 Å². The third-order valence-corrected chi connectivity index (χ3v) is 6.40. The summed E-state index contributed by atoms with van der Waals surface area (Å²) >= 11 is 0. The van der Waals surface area contributed by atoms with E-state index in [9.17, 15) is 4.79 Å². The summed E-state index contributed by atoms with van der Waals surface area (Å²) in [5, 5.41) is 9.25. The fraction of sp³-hybridized carbons (Fsp3) is 0.393. The van der Waals surface area contributed by atoms with Gasteiger partial charge in [-0.1, -0.05) is 42.5 Å². The van der Waals surface area contributed by atoms with E-state index < -0.39 is 0 Å². The minimum atomic E-state index is -0.168. The quantitative estimate of drug-likeness (QED) is 0.502. The minimum absolute atomic E-state index is 0.0996. The Kier molecular flexibility index (Phi) is 7.70. The highest BCUT2D eigenvalue weighted by atomic mass is 16.5. The van der Waals surface area contributed by atoms with E-state index >= 15 is 0 Å². The number of nitrogens with one attached hydrogen (secondary N) is 2. The van der Waals surface area contributed by atoms with Gasteiger partial charge in [-0.05, 0) is 54.3 Å². The number of carbonyl (C=O) groups is 1. The van der Waals surface area contributed by atoms with Crippen LogP contribution in [-0.4, -0.2) is 49.7 Å². The first-order chi connectivity index (χ1) is 16.5. The van der Waals surface area contributed by atoms with Crippen LogP contribution in [0.2, 0.25) is 0 Å². The van der Waals surface area contributed by atoms with Gasteiger partial charge >= 0.3 is 0 Å². The lowest BCUT2D eigenvalue weighted by Gasteiger charge is -2.25. The molecule has 0 aliphatic carbocycles. The minimum Gasteiger partial charge on any atom is -0.497 e. The Morgan fingerprint density at radius 1 is 1.03 bits per heavy atom. The van der Waals surface area contributed by atoms with Gasteiger partial charge in [0.15, 0.2) is 0 Å². The summed E-state index contributed by atoms with van der Waals surface area (Å²) in [4.78, 5) is 15.4. The molecule has 1 aliphatic heterocycles. The molecule has 3 aromatic rings. The highest BCUT2D eigenvalue weighted by Gasteiger charge is 2.36. The van der Waals surface area contributed by atoms with Crippen molar-refractivity contribution < 1.29 is 14.3 Å². The number of rotatable bonds is 9. The fourth-order valence-corrected chi connectivity index (χ4v) is 4.76. The summed E-state index contributed by atoms with van der Waals surface area (Å²) in [6, 6.07) is 20.9. The summed E-state index contributed by atoms with van der Waals surface area (Å²) in [7, 11) is 3.32. The van der Waals surface area contributed by atoms with Crippen molar-refractivity contribution >= 4 is 16.7 Å². The highest BCUT2D eigenvalue weighted by molar-refractivity contribution is 5.86. The third kappa shape index (κ3) is 5.69. The van der Waals surface area contributed by atoms with E-state index in [1.807, 2.05) is 32.0 Å². The molecule has 6 nitrogen and oxygen atoms in total. The maximum Gasteiger partial charge on any atom is 0.237 e. The van der Waals surface area contributed by atoms with Crippen molar-refractivity contribution in [2.24, 2.45) is 0 Å².